The number of aliphatic carboxylic acids is 1. The zero-order valence-corrected chi connectivity index (χ0v) is 13.6. The number of hydrogen-bond donors (Lipinski definition) is 2. The van der Waals surface area contributed by atoms with Crippen molar-refractivity contribution in [2.45, 2.75) is 38.6 Å². The summed E-state index contributed by atoms with van der Waals surface area (Å²) in [4.78, 5) is 35.0. The molecule has 10 heteroatoms. The SMILES string of the molecule is CC(=O)N[C@@H](CCCCN1CC(CS(=O)(=O)F)CC1=O)C(=O)O. The molecule has 1 rings (SSSR count). The normalized spacial score (nSPS) is 19.7. The number of hydrogen-bond acceptors (Lipinski definition) is 5. The summed E-state index contributed by atoms with van der Waals surface area (Å²) in [5, 5.41) is 11.3. The third kappa shape index (κ3) is 7.40. The molecule has 23 heavy (non-hydrogen) atoms. The van der Waals surface area contributed by atoms with Crippen molar-refractivity contribution in [1.82, 2.24) is 10.2 Å². The van der Waals surface area contributed by atoms with Crippen LogP contribution in [0.2, 0.25) is 0 Å². The van der Waals surface area contributed by atoms with Crippen LogP contribution >= 0.6 is 0 Å². The molecule has 1 unspecified atom stereocenters. The van der Waals surface area contributed by atoms with Gasteiger partial charge < -0.3 is 15.3 Å². The molecule has 1 aliphatic rings. The van der Waals surface area contributed by atoms with E-state index in [4.69, 9.17) is 5.11 Å². The van der Waals surface area contributed by atoms with Gasteiger partial charge in [-0.25, -0.2) is 4.79 Å². The van der Waals surface area contributed by atoms with E-state index in [9.17, 15) is 26.7 Å². The smallest absolute Gasteiger partial charge is 0.326 e. The van der Waals surface area contributed by atoms with Crippen molar-refractivity contribution >= 4 is 28.0 Å². The number of carboxylic acids is 1. The lowest BCUT2D eigenvalue weighted by Gasteiger charge is -2.17. The molecule has 0 bridgehead atoms. The van der Waals surface area contributed by atoms with Gasteiger partial charge >= 0.3 is 16.2 Å². The number of carbonyl (C=O) groups is 3. The van der Waals surface area contributed by atoms with Gasteiger partial charge in [0.25, 0.3) is 0 Å². The number of likely N-dealkylation sites (tertiary alicyclic amines) is 1. The van der Waals surface area contributed by atoms with E-state index >= 15 is 0 Å². The Morgan fingerprint density at radius 3 is 2.61 bits per heavy atom. The van der Waals surface area contributed by atoms with Crippen LogP contribution in [0.4, 0.5) is 3.89 Å². The molecule has 1 fully saturated rings. The maximum absolute atomic E-state index is 12.6. The molecule has 8 nitrogen and oxygen atoms in total. The Morgan fingerprint density at radius 1 is 1.43 bits per heavy atom. The monoisotopic (exact) mass is 352 g/mol. The van der Waals surface area contributed by atoms with Crippen molar-refractivity contribution in [2.24, 2.45) is 5.92 Å². The predicted molar refractivity (Wildman–Crippen MR) is 78.7 cm³/mol. The first-order valence-electron chi connectivity index (χ1n) is 7.28. The summed E-state index contributed by atoms with van der Waals surface area (Å²) >= 11 is 0. The summed E-state index contributed by atoms with van der Waals surface area (Å²) < 4.78 is 33.8. The highest BCUT2D eigenvalue weighted by atomic mass is 32.3. The Kier molecular flexibility index (Phi) is 6.92. The van der Waals surface area contributed by atoms with Crippen LogP contribution < -0.4 is 5.32 Å². The van der Waals surface area contributed by atoms with Gasteiger partial charge in [-0.1, -0.05) is 0 Å². The predicted octanol–water partition coefficient (Wildman–Crippen LogP) is -0.106. The number of amides is 2. The molecule has 0 aliphatic carbocycles. The van der Waals surface area contributed by atoms with Crippen LogP contribution in [0, 0.1) is 5.92 Å². The summed E-state index contributed by atoms with van der Waals surface area (Å²) in [5.41, 5.74) is 0. The number of rotatable bonds is 9. The zero-order valence-electron chi connectivity index (χ0n) is 12.8. The van der Waals surface area contributed by atoms with Gasteiger partial charge in [0.1, 0.15) is 6.04 Å². The molecule has 0 saturated carbocycles. The second-order valence-electron chi connectivity index (χ2n) is 5.70. The van der Waals surface area contributed by atoms with Crippen LogP contribution in [0.25, 0.3) is 0 Å². The maximum Gasteiger partial charge on any atom is 0.326 e. The van der Waals surface area contributed by atoms with Gasteiger partial charge in [0, 0.05) is 32.4 Å². The molecule has 0 aromatic rings. The minimum Gasteiger partial charge on any atom is -0.480 e. The molecular weight excluding hydrogens is 331 g/mol. The van der Waals surface area contributed by atoms with E-state index in [0.29, 0.717) is 19.4 Å². The van der Waals surface area contributed by atoms with E-state index in [2.05, 4.69) is 5.32 Å². The van der Waals surface area contributed by atoms with Crippen molar-refractivity contribution in [3.8, 4) is 0 Å². The molecule has 2 amide bonds. The third-order valence-electron chi connectivity index (χ3n) is 3.58. The zero-order chi connectivity index (χ0) is 17.6. The fourth-order valence-corrected chi connectivity index (χ4v) is 3.40. The maximum atomic E-state index is 12.6. The van der Waals surface area contributed by atoms with Crippen LogP contribution in [0.3, 0.4) is 0 Å². The number of halogens is 1. The van der Waals surface area contributed by atoms with Gasteiger partial charge in [-0.3, -0.25) is 9.59 Å². The van der Waals surface area contributed by atoms with Gasteiger partial charge in [0.15, 0.2) is 0 Å². The fraction of sp³-hybridized carbons (Fsp3) is 0.769. The Morgan fingerprint density at radius 2 is 2.09 bits per heavy atom. The number of carbonyl (C=O) groups excluding carboxylic acids is 2. The quantitative estimate of drug-likeness (QED) is 0.441. The molecule has 132 valence electrons. The van der Waals surface area contributed by atoms with Crippen molar-refractivity contribution in [3.63, 3.8) is 0 Å². The first kappa shape index (κ1) is 19.3. The second kappa shape index (κ2) is 8.23. The molecule has 1 heterocycles. The van der Waals surface area contributed by atoms with E-state index in [1.54, 1.807) is 0 Å². The summed E-state index contributed by atoms with van der Waals surface area (Å²) in [6.45, 7) is 1.78. The Hall–Kier alpha value is -1.71. The molecule has 0 spiro atoms. The van der Waals surface area contributed by atoms with Crippen molar-refractivity contribution in [2.75, 3.05) is 18.8 Å². The van der Waals surface area contributed by atoms with E-state index in [1.807, 2.05) is 0 Å². The molecule has 0 aromatic heterocycles. The summed E-state index contributed by atoms with van der Waals surface area (Å²) in [5.74, 6) is -2.97. The molecular formula is C13H21FN2O6S. The van der Waals surface area contributed by atoms with Crippen LogP contribution in [0.1, 0.15) is 32.6 Å². The average Bonchev–Trinajstić information content (AvgIpc) is 2.70. The summed E-state index contributed by atoms with van der Waals surface area (Å²) in [6, 6.07) is -0.966. The first-order chi connectivity index (χ1) is 10.6. The summed E-state index contributed by atoms with van der Waals surface area (Å²) in [6.07, 6.45) is 1.24. The van der Waals surface area contributed by atoms with Crippen LogP contribution in [-0.2, 0) is 24.6 Å². The standard InChI is InChI=1S/C13H21FN2O6S/c1-9(17)15-11(13(19)20)4-2-3-5-16-7-10(6-12(16)18)8-23(14,21)22/h10-11H,2-8H2,1H3,(H,15,17)(H,19,20)/t10?,11-/m0/s1. The highest BCUT2D eigenvalue weighted by molar-refractivity contribution is 7.86. The average molecular weight is 352 g/mol. The van der Waals surface area contributed by atoms with Gasteiger partial charge in [0.05, 0.1) is 5.75 Å². The Balaban J connectivity index is 2.34. The van der Waals surface area contributed by atoms with E-state index in [0.717, 1.165) is 0 Å². The minimum absolute atomic E-state index is 0.00674. The lowest BCUT2D eigenvalue weighted by molar-refractivity contribution is -0.141. The van der Waals surface area contributed by atoms with E-state index in [1.165, 1.54) is 11.8 Å². The molecule has 0 radical (unpaired) electrons. The van der Waals surface area contributed by atoms with Crippen LogP contribution in [0.5, 0.6) is 0 Å². The Bertz CT molecular complexity index is 565. The van der Waals surface area contributed by atoms with Gasteiger partial charge in [-0.05, 0) is 19.3 Å². The highest BCUT2D eigenvalue weighted by Crippen LogP contribution is 2.20. The van der Waals surface area contributed by atoms with Crippen molar-refractivity contribution in [1.29, 1.82) is 0 Å². The first-order valence-corrected chi connectivity index (χ1v) is 8.83. The van der Waals surface area contributed by atoms with Gasteiger partial charge in [-0.15, -0.1) is 3.89 Å². The number of carboxylic acid groups (broad SMARTS) is 1. The van der Waals surface area contributed by atoms with Crippen LogP contribution in [-0.4, -0.2) is 61.1 Å². The topological polar surface area (TPSA) is 121 Å². The second-order valence-corrected chi connectivity index (χ2v) is 7.11. The number of unbranched alkanes of at least 4 members (excludes halogenated alkanes) is 1. The van der Waals surface area contributed by atoms with E-state index < -0.39 is 39.8 Å². The van der Waals surface area contributed by atoms with Crippen molar-refractivity contribution < 1.29 is 31.8 Å². The van der Waals surface area contributed by atoms with Gasteiger partial charge in [-0.2, -0.15) is 8.42 Å². The summed E-state index contributed by atoms with van der Waals surface area (Å²) in [7, 11) is -4.60. The highest BCUT2D eigenvalue weighted by Gasteiger charge is 2.32. The Labute approximate surface area is 134 Å². The number of nitrogens with zero attached hydrogens (tertiary/aromatic N) is 1. The molecule has 2 atom stereocenters. The largest absolute Gasteiger partial charge is 0.480 e. The molecule has 2 N–H and O–H groups in total. The molecule has 0 aromatic carbocycles. The third-order valence-corrected chi connectivity index (χ3v) is 4.45. The molecule has 1 aliphatic heterocycles. The van der Waals surface area contributed by atoms with Crippen LogP contribution in [0.15, 0.2) is 0 Å². The number of nitrogens with one attached hydrogen (secondary N) is 1. The minimum atomic E-state index is -4.60. The molecule has 1 saturated heterocycles. The van der Waals surface area contributed by atoms with Gasteiger partial charge in [0.2, 0.25) is 11.8 Å². The van der Waals surface area contributed by atoms with E-state index in [-0.39, 0.29) is 25.3 Å². The van der Waals surface area contributed by atoms with Crippen molar-refractivity contribution in [3.05, 3.63) is 0 Å². The lowest BCUT2D eigenvalue weighted by Crippen LogP contribution is -2.39. The lowest BCUT2D eigenvalue weighted by atomic mass is 10.1. The fourth-order valence-electron chi connectivity index (χ4n) is 2.62.